The summed E-state index contributed by atoms with van der Waals surface area (Å²) in [4.78, 5) is 23.8. The first-order valence-corrected chi connectivity index (χ1v) is 11.3. The van der Waals surface area contributed by atoms with Gasteiger partial charge in [-0.2, -0.15) is 5.10 Å². The van der Waals surface area contributed by atoms with Crippen LogP contribution >= 0.6 is 23.5 Å². The average Bonchev–Trinajstić information content (AvgIpc) is 3.24. The molecule has 0 atom stereocenters. The normalized spacial score (nSPS) is 15.6. The number of carbonyl (C=O) groups is 2. The molecule has 3 rings (SSSR count). The van der Waals surface area contributed by atoms with Crippen LogP contribution in [0.2, 0.25) is 0 Å². The maximum absolute atomic E-state index is 12.2. The number of hydrogen-bond acceptors (Lipinski definition) is 6. The summed E-state index contributed by atoms with van der Waals surface area (Å²) in [5.74, 6) is 1.75. The number of nitrogens with zero attached hydrogens (tertiary/aromatic N) is 2. The number of aromatic nitrogens is 1. The van der Waals surface area contributed by atoms with E-state index >= 15 is 0 Å². The number of aryl methyl sites for hydroxylation is 1. The molecule has 2 aromatic rings. The molecule has 0 unspecified atom stereocenters. The monoisotopic (exact) mass is 431 g/mol. The van der Waals surface area contributed by atoms with E-state index in [0.717, 1.165) is 34.1 Å². The molecule has 0 aliphatic carbocycles. The second-order valence-corrected chi connectivity index (χ2v) is 10.5. The van der Waals surface area contributed by atoms with E-state index < -0.39 is 0 Å². The topological polar surface area (TPSA) is 72.7 Å². The number of carbonyl (C=O) groups excluding carboxylic acids is 2. The first-order chi connectivity index (χ1) is 13.8. The third-order valence-corrected chi connectivity index (χ3v) is 8.08. The predicted molar refractivity (Wildman–Crippen MR) is 120 cm³/mol. The standard InChI is InChI=1S/C21H25N3O3S2/c1-14-11-17(13-22-23-19(25)12-21(3)28-9-10-29-21)15(2)24(14)18-7-5-16(6-8-18)20(26)27-4/h5-8,11,13H,9-10,12H2,1-4H3,(H,23,25)/b22-13+. The number of hydrazone groups is 1. The fourth-order valence-electron chi connectivity index (χ4n) is 3.34. The molecule has 1 aliphatic heterocycles. The molecule has 1 fully saturated rings. The van der Waals surface area contributed by atoms with Crippen molar-refractivity contribution in [3.8, 4) is 5.69 Å². The van der Waals surface area contributed by atoms with Crippen LogP contribution in [0.25, 0.3) is 5.69 Å². The molecule has 154 valence electrons. The quantitative estimate of drug-likeness (QED) is 0.426. The van der Waals surface area contributed by atoms with Crippen LogP contribution in [0.1, 0.15) is 40.7 Å². The van der Waals surface area contributed by atoms with Gasteiger partial charge in [-0.1, -0.05) is 0 Å². The van der Waals surface area contributed by atoms with Crippen LogP contribution in [0.15, 0.2) is 35.4 Å². The van der Waals surface area contributed by atoms with Crippen molar-refractivity contribution in [2.24, 2.45) is 5.10 Å². The Morgan fingerprint density at radius 3 is 2.52 bits per heavy atom. The molecule has 0 bridgehead atoms. The summed E-state index contributed by atoms with van der Waals surface area (Å²) >= 11 is 3.66. The van der Waals surface area contributed by atoms with Crippen molar-refractivity contribution in [3.05, 3.63) is 52.8 Å². The number of hydrogen-bond donors (Lipinski definition) is 1. The van der Waals surface area contributed by atoms with Gasteiger partial charge < -0.3 is 9.30 Å². The molecule has 0 radical (unpaired) electrons. The van der Waals surface area contributed by atoms with Gasteiger partial charge in [-0.3, -0.25) is 4.79 Å². The number of methoxy groups -OCH3 is 1. The molecule has 2 heterocycles. The van der Waals surface area contributed by atoms with Gasteiger partial charge >= 0.3 is 5.97 Å². The molecule has 6 nitrogen and oxygen atoms in total. The molecule has 1 N–H and O–H groups in total. The molecule has 8 heteroatoms. The lowest BCUT2D eigenvalue weighted by Crippen LogP contribution is -2.26. The van der Waals surface area contributed by atoms with Gasteiger partial charge in [0.25, 0.3) is 0 Å². The lowest BCUT2D eigenvalue weighted by atomic mass is 10.2. The van der Waals surface area contributed by atoms with E-state index in [1.807, 2.05) is 55.6 Å². The zero-order valence-corrected chi connectivity index (χ0v) is 18.7. The molecule has 1 aliphatic rings. The van der Waals surface area contributed by atoms with Crippen LogP contribution in [0.3, 0.4) is 0 Å². The van der Waals surface area contributed by atoms with Gasteiger partial charge in [0.2, 0.25) is 5.91 Å². The Labute approximate surface area is 179 Å². The average molecular weight is 432 g/mol. The maximum atomic E-state index is 12.2. The second kappa shape index (κ2) is 9.09. The molecule has 29 heavy (non-hydrogen) atoms. The largest absolute Gasteiger partial charge is 0.465 e. The highest BCUT2D eigenvalue weighted by Gasteiger charge is 2.32. The van der Waals surface area contributed by atoms with E-state index in [9.17, 15) is 9.59 Å². The lowest BCUT2D eigenvalue weighted by Gasteiger charge is -2.19. The summed E-state index contributed by atoms with van der Waals surface area (Å²) in [7, 11) is 1.37. The number of ether oxygens (including phenoxy) is 1. The molecular weight excluding hydrogens is 406 g/mol. The van der Waals surface area contributed by atoms with Gasteiger partial charge in [0.15, 0.2) is 0 Å². The fraction of sp³-hybridized carbons (Fsp3) is 0.381. The lowest BCUT2D eigenvalue weighted by molar-refractivity contribution is -0.121. The Morgan fingerprint density at radius 1 is 1.24 bits per heavy atom. The minimum atomic E-state index is -0.357. The summed E-state index contributed by atoms with van der Waals surface area (Å²) in [6, 6.07) is 9.27. The SMILES string of the molecule is COC(=O)c1ccc(-n2c(C)cc(/C=N/NC(=O)CC3(C)SCCS3)c2C)cc1. The van der Waals surface area contributed by atoms with Crippen LogP contribution < -0.4 is 5.43 Å². The van der Waals surface area contributed by atoms with Crippen molar-refractivity contribution >= 4 is 41.6 Å². The highest BCUT2D eigenvalue weighted by Crippen LogP contribution is 2.45. The van der Waals surface area contributed by atoms with Gasteiger partial charge in [-0.05, 0) is 51.1 Å². The number of thioether (sulfide) groups is 2. The summed E-state index contributed by atoms with van der Waals surface area (Å²) in [5.41, 5.74) is 7.06. The van der Waals surface area contributed by atoms with E-state index in [1.165, 1.54) is 7.11 Å². The van der Waals surface area contributed by atoms with Gasteiger partial charge in [0, 0.05) is 34.1 Å². The van der Waals surface area contributed by atoms with E-state index in [-0.39, 0.29) is 16.0 Å². The van der Waals surface area contributed by atoms with Crippen molar-refractivity contribution in [1.82, 2.24) is 9.99 Å². The van der Waals surface area contributed by atoms with Crippen molar-refractivity contribution < 1.29 is 14.3 Å². The third kappa shape index (κ3) is 5.05. The summed E-state index contributed by atoms with van der Waals surface area (Å²) in [6.45, 7) is 6.11. The molecule has 1 amide bonds. The first kappa shape index (κ1) is 21.5. The van der Waals surface area contributed by atoms with Crippen LogP contribution in [-0.2, 0) is 9.53 Å². The maximum Gasteiger partial charge on any atom is 0.337 e. The predicted octanol–water partition coefficient (Wildman–Crippen LogP) is 3.92. The number of amides is 1. The number of rotatable bonds is 6. The molecule has 0 saturated carbocycles. The van der Waals surface area contributed by atoms with Crippen molar-refractivity contribution in [2.75, 3.05) is 18.6 Å². The van der Waals surface area contributed by atoms with E-state index in [1.54, 1.807) is 18.3 Å². The van der Waals surface area contributed by atoms with Crippen LogP contribution in [0, 0.1) is 13.8 Å². The third-order valence-electron chi connectivity index (χ3n) is 4.79. The smallest absolute Gasteiger partial charge is 0.337 e. The highest BCUT2D eigenvalue weighted by atomic mass is 32.2. The first-order valence-electron chi connectivity index (χ1n) is 9.30. The molecule has 1 aromatic carbocycles. The highest BCUT2D eigenvalue weighted by molar-refractivity contribution is 8.21. The zero-order valence-electron chi connectivity index (χ0n) is 17.0. The molecular formula is C21H25N3O3S2. The minimum absolute atomic E-state index is 0.0498. The molecule has 0 spiro atoms. The van der Waals surface area contributed by atoms with E-state index in [0.29, 0.717) is 12.0 Å². The summed E-state index contributed by atoms with van der Waals surface area (Å²) < 4.78 is 6.78. The molecule has 1 saturated heterocycles. The van der Waals surface area contributed by atoms with E-state index in [2.05, 4.69) is 22.0 Å². The zero-order chi connectivity index (χ0) is 21.0. The van der Waals surface area contributed by atoms with Crippen molar-refractivity contribution in [1.29, 1.82) is 0 Å². The van der Waals surface area contributed by atoms with Gasteiger partial charge in [0.05, 0.1) is 29.4 Å². The van der Waals surface area contributed by atoms with Crippen LogP contribution in [0.4, 0.5) is 0 Å². The summed E-state index contributed by atoms with van der Waals surface area (Å²) in [6.07, 6.45) is 2.13. The summed E-state index contributed by atoms with van der Waals surface area (Å²) in [5, 5.41) is 4.15. The number of nitrogens with one attached hydrogen (secondary N) is 1. The van der Waals surface area contributed by atoms with Gasteiger partial charge in [0.1, 0.15) is 0 Å². The second-order valence-electron chi connectivity index (χ2n) is 7.00. The Kier molecular flexibility index (Phi) is 6.74. The Bertz CT molecular complexity index is 929. The number of benzene rings is 1. The van der Waals surface area contributed by atoms with Gasteiger partial charge in [-0.25, -0.2) is 10.2 Å². The molecule has 1 aromatic heterocycles. The fourth-order valence-corrected chi connectivity index (χ4v) is 6.17. The van der Waals surface area contributed by atoms with Crippen molar-refractivity contribution in [2.45, 2.75) is 31.3 Å². The number of esters is 1. The van der Waals surface area contributed by atoms with Crippen LogP contribution in [0.5, 0.6) is 0 Å². The van der Waals surface area contributed by atoms with Crippen LogP contribution in [-0.4, -0.2) is 45.4 Å². The Balaban J connectivity index is 1.69. The Hall–Kier alpha value is -2.19. The van der Waals surface area contributed by atoms with E-state index in [4.69, 9.17) is 4.74 Å². The van der Waals surface area contributed by atoms with Gasteiger partial charge in [-0.15, -0.1) is 23.5 Å². The Morgan fingerprint density at radius 2 is 1.90 bits per heavy atom. The van der Waals surface area contributed by atoms with Crippen molar-refractivity contribution in [3.63, 3.8) is 0 Å². The minimum Gasteiger partial charge on any atom is -0.465 e.